The quantitative estimate of drug-likeness (QED) is 0.169. The zero-order chi connectivity index (χ0) is 25.8. The van der Waals surface area contributed by atoms with Crippen LogP contribution in [-0.4, -0.2) is 35.5 Å². The number of rotatable bonds is 11. The number of allylic oxidation sites excluding steroid dienone is 1. The molecule has 9 nitrogen and oxygen atoms in total. The van der Waals surface area contributed by atoms with E-state index in [1.54, 1.807) is 54.6 Å². The number of amides is 2. The third kappa shape index (κ3) is 7.78. The first-order chi connectivity index (χ1) is 17.5. The first kappa shape index (κ1) is 26.1. The number of para-hydroxylation sites is 2. The van der Waals surface area contributed by atoms with E-state index in [0.717, 1.165) is 0 Å². The highest BCUT2D eigenvalue weighted by molar-refractivity contribution is 5.86. The van der Waals surface area contributed by atoms with Crippen LogP contribution in [0.4, 0.5) is 10.5 Å². The van der Waals surface area contributed by atoms with Gasteiger partial charge in [0.2, 0.25) is 0 Å². The summed E-state index contributed by atoms with van der Waals surface area (Å²) in [6, 6.07) is 22.6. The van der Waals surface area contributed by atoms with E-state index >= 15 is 0 Å². The van der Waals surface area contributed by atoms with Crippen molar-refractivity contribution < 1.29 is 34.1 Å². The summed E-state index contributed by atoms with van der Waals surface area (Å²) in [7, 11) is 1.44. The fourth-order valence-corrected chi connectivity index (χ4v) is 3.46. The van der Waals surface area contributed by atoms with Gasteiger partial charge in [-0.15, -0.1) is 0 Å². The van der Waals surface area contributed by atoms with Gasteiger partial charge in [-0.1, -0.05) is 48.5 Å². The Labute approximate surface area is 208 Å². The number of hydrogen-bond donors (Lipinski definition) is 4. The van der Waals surface area contributed by atoms with Gasteiger partial charge in [0.25, 0.3) is 5.91 Å². The van der Waals surface area contributed by atoms with Gasteiger partial charge in [0.1, 0.15) is 11.9 Å². The monoisotopic (exact) mass is 492 g/mol. The van der Waals surface area contributed by atoms with Crippen LogP contribution in [0.25, 0.3) is 0 Å². The number of hydroxylamine groups is 1. The highest BCUT2D eigenvalue weighted by atomic mass is 16.6. The summed E-state index contributed by atoms with van der Waals surface area (Å²) < 4.78 is 17.2. The lowest BCUT2D eigenvalue weighted by atomic mass is 9.99. The molecule has 0 saturated carbocycles. The average Bonchev–Trinajstić information content (AvgIpc) is 2.90. The van der Waals surface area contributed by atoms with E-state index in [-0.39, 0.29) is 11.5 Å². The molecule has 2 amide bonds. The first-order valence-corrected chi connectivity index (χ1v) is 11.2. The summed E-state index contributed by atoms with van der Waals surface area (Å²) in [5.74, 6) is 0.0368. The zero-order valence-corrected chi connectivity index (χ0v) is 19.7. The number of carbonyl (C=O) groups is 2. The van der Waals surface area contributed by atoms with Gasteiger partial charge in [-0.25, -0.2) is 10.3 Å². The molecule has 9 heteroatoms. The van der Waals surface area contributed by atoms with E-state index in [1.165, 1.54) is 24.7 Å². The van der Waals surface area contributed by atoms with E-state index in [2.05, 4.69) is 5.32 Å². The zero-order valence-electron chi connectivity index (χ0n) is 19.7. The predicted molar refractivity (Wildman–Crippen MR) is 133 cm³/mol. The van der Waals surface area contributed by atoms with Gasteiger partial charge in [0.15, 0.2) is 17.6 Å². The van der Waals surface area contributed by atoms with Crippen molar-refractivity contribution in [3.63, 3.8) is 0 Å². The largest absolute Gasteiger partial charge is 0.504 e. The Kier molecular flexibility index (Phi) is 9.72. The molecule has 188 valence electrons. The van der Waals surface area contributed by atoms with Crippen molar-refractivity contribution in [2.45, 2.75) is 25.0 Å². The maximum atomic E-state index is 12.8. The van der Waals surface area contributed by atoms with E-state index < -0.39 is 24.2 Å². The van der Waals surface area contributed by atoms with E-state index in [0.29, 0.717) is 29.8 Å². The molecule has 0 aliphatic heterocycles. The lowest BCUT2D eigenvalue weighted by molar-refractivity contribution is -0.124. The summed E-state index contributed by atoms with van der Waals surface area (Å²) in [5, 5.41) is 21.8. The van der Waals surface area contributed by atoms with Crippen molar-refractivity contribution in [3.05, 3.63) is 96.6 Å². The van der Waals surface area contributed by atoms with E-state index in [9.17, 15) is 14.7 Å². The first-order valence-electron chi connectivity index (χ1n) is 11.2. The van der Waals surface area contributed by atoms with Gasteiger partial charge in [-0.05, 0) is 49.2 Å². The Bertz CT molecular complexity index is 1150. The number of benzene rings is 3. The van der Waals surface area contributed by atoms with Crippen molar-refractivity contribution in [2.24, 2.45) is 0 Å². The molecule has 0 radical (unpaired) electrons. The molecule has 3 aromatic rings. The van der Waals surface area contributed by atoms with Crippen LogP contribution in [0.1, 0.15) is 24.5 Å². The van der Waals surface area contributed by atoms with Gasteiger partial charge in [-0.3, -0.25) is 15.3 Å². The SMILES string of the molecule is COc1ccc([C@@H](OC(=O)Nc2ccccc2)[C@@H](CC/C=C/C(=O)NO)Oc2ccccc2)cc1O. The summed E-state index contributed by atoms with van der Waals surface area (Å²) in [5.41, 5.74) is 2.57. The summed E-state index contributed by atoms with van der Waals surface area (Å²) in [6.07, 6.45) is 1.11. The van der Waals surface area contributed by atoms with Gasteiger partial charge in [0, 0.05) is 17.3 Å². The second kappa shape index (κ2) is 13.4. The fraction of sp³-hybridized carbons (Fsp3) is 0.185. The second-order valence-corrected chi connectivity index (χ2v) is 7.67. The number of nitrogens with one attached hydrogen (secondary N) is 2. The normalized spacial score (nSPS) is 12.4. The third-order valence-corrected chi connectivity index (χ3v) is 5.15. The number of aromatic hydroxyl groups is 1. The third-order valence-electron chi connectivity index (χ3n) is 5.15. The minimum Gasteiger partial charge on any atom is -0.504 e. The molecule has 0 aliphatic carbocycles. The van der Waals surface area contributed by atoms with Crippen LogP contribution in [-0.2, 0) is 9.53 Å². The number of carbonyl (C=O) groups excluding carboxylic acids is 2. The van der Waals surface area contributed by atoms with Crippen molar-refractivity contribution in [2.75, 3.05) is 12.4 Å². The molecule has 0 fully saturated rings. The van der Waals surface area contributed by atoms with Crippen LogP contribution in [0, 0.1) is 0 Å². The van der Waals surface area contributed by atoms with Crippen molar-refractivity contribution >= 4 is 17.7 Å². The molecule has 3 rings (SSSR count). The maximum absolute atomic E-state index is 12.8. The Hall–Kier alpha value is -4.50. The Morgan fingerprint density at radius 3 is 2.33 bits per heavy atom. The number of hydrogen-bond acceptors (Lipinski definition) is 7. The van der Waals surface area contributed by atoms with E-state index in [4.69, 9.17) is 19.4 Å². The van der Waals surface area contributed by atoms with Gasteiger partial charge < -0.3 is 19.3 Å². The molecule has 0 bridgehead atoms. The number of ether oxygens (including phenoxy) is 3. The lowest BCUT2D eigenvalue weighted by Gasteiger charge is -2.28. The summed E-state index contributed by atoms with van der Waals surface area (Å²) in [4.78, 5) is 24.2. The molecule has 36 heavy (non-hydrogen) atoms. The van der Waals surface area contributed by atoms with Crippen LogP contribution >= 0.6 is 0 Å². The molecule has 0 spiro atoms. The predicted octanol–water partition coefficient (Wildman–Crippen LogP) is 4.98. The molecular formula is C27H28N2O7. The second-order valence-electron chi connectivity index (χ2n) is 7.67. The number of phenols is 1. The van der Waals surface area contributed by atoms with Crippen molar-refractivity contribution in [1.82, 2.24) is 5.48 Å². The Morgan fingerprint density at radius 2 is 1.69 bits per heavy atom. The van der Waals surface area contributed by atoms with Crippen LogP contribution < -0.4 is 20.3 Å². The smallest absolute Gasteiger partial charge is 0.412 e. The Balaban J connectivity index is 1.91. The number of phenolic OH excluding ortho intramolecular Hbond substituents is 1. The van der Waals surface area contributed by atoms with Crippen LogP contribution in [0.2, 0.25) is 0 Å². The van der Waals surface area contributed by atoms with Crippen LogP contribution in [0.5, 0.6) is 17.2 Å². The molecule has 0 heterocycles. The lowest BCUT2D eigenvalue weighted by Crippen LogP contribution is -2.31. The highest BCUT2D eigenvalue weighted by Crippen LogP contribution is 2.34. The molecular weight excluding hydrogens is 464 g/mol. The van der Waals surface area contributed by atoms with Gasteiger partial charge in [0.05, 0.1) is 7.11 Å². The van der Waals surface area contributed by atoms with Crippen LogP contribution in [0.15, 0.2) is 91.0 Å². The summed E-state index contributed by atoms with van der Waals surface area (Å²) in [6.45, 7) is 0. The Morgan fingerprint density at radius 1 is 1.00 bits per heavy atom. The van der Waals surface area contributed by atoms with Gasteiger partial charge in [-0.2, -0.15) is 0 Å². The average molecular weight is 493 g/mol. The molecule has 3 aromatic carbocycles. The summed E-state index contributed by atoms with van der Waals surface area (Å²) >= 11 is 0. The maximum Gasteiger partial charge on any atom is 0.412 e. The molecule has 0 aliphatic rings. The minimum absolute atomic E-state index is 0.120. The van der Waals surface area contributed by atoms with Crippen molar-refractivity contribution in [3.8, 4) is 17.2 Å². The van der Waals surface area contributed by atoms with Crippen molar-refractivity contribution in [1.29, 1.82) is 0 Å². The number of anilines is 1. The van der Waals surface area contributed by atoms with E-state index in [1.807, 2.05) is 24.3 Å². The fourth-order valence-electron chi connectivity index (χ4n) is 3.46. The number of methoxy groups -OCH3 is 1. The minimum atomic E-state index is -0.939. The molecule has 2 atom stereocenters. The van der Waals surface area contributed by atoms with Gasteiger partial charge >= 0.3 is 6.09 Å². The molecule has 0 saturated heterocycles. The molecule has 0 aromatic heterocycles. The molecule has 4 N–H and O–H groups in total. The highest BCUT2D eigenvalue weighted by Gasteiger charge is 2.30. The topological polar surface area (TPSA) is 126 Å². The molecule has 0 unspecified atom stereocenters. The van der Waals surface area contributed by atoms with Crippen LogP contribution in [0.3, 0.4) is 0 Å². The standard InChI is InChI=1S/C27H28N2O7/c1-34-23-17-16-19(18-22(23)30)26(36-27(32)28-20-10-4-2-5-11-20)24(14-8-9-15-25(31)29-33)35-21-12-6-3-7-13-21/h2-7,9-13,15-18,24,26,30,33H,8,14H2,1H3,(H,28,32)(H,29,31)/b15-9+/t24-,26-/m1/s1.